The minimum absolute atomic E-state index is 0.0223. The van der Waals surface area contributed by atoms with Crippen molar-refractivity contribution in [3.63, 3.8) is 0 Å². The van der Waals surface area contributed by atoms with Crippen molar-refractivity contribution in [1.82, 2.24) is 5.32 Å². The van der Waals surface area contributed by atoms with Crippen LogP contribution in [0.3, 0.4) is 0 Å². The van der Waals surface area contributed by atoms with Gasteiger partial charge in [-0.1, -0.05) is 6.92 Å². The van der Waals surface area contributed by atoms with E-state index in [1.807, 2.05) is 6.92 Å². The first-order chi connectivity index (χ1) is 13.0. The molecule has 1 amide bonds. The van der Waals surface area contributed by atoms with E-state index in [9.17, 15) is 19.5 Å². The second kappa shape index (κ2) is 10.7. The molecule has 0 saturated carbocycles. The maximum atomic E-state index is 12.2. The number of aliphatic carboxylic acids is 1. The normalized spacial score (nSPS) is 17.7. The summed E-state index contributed by atoms with van der Waals surface area (Å²) < 4.78 is 10.8. The van der Waals surface area contributed by atoms with E-state index >= 15 is 0 Å². The molecule has 1 aliphatic rings. The number of ketones is 1. The molecule has 0 spiro atoms. The van der Waals surface area contributed by atoms with Gasteiger partial charge in [0, 0.05) is 30.9 Å². The van der Waals surface area contributed by atoms with Gasteiger partial charge in [0.2, 0.25) is 5.91 Å². The van der Waals surface area contributed by atoms with Crippen LogP contribution in [0.1, 0.15) is 49.4 Å². The van der Waals surface area contributed by atoms with Crippen LogP contribution in [-0.2, 0) is 14.3 Å². The number of carbonyl (C=O) groups excluding carboxylic acids is 2. The van der Waals surface area contributed by atoms with Gasteiger partial charge in [0.15, 0.2) is 5.78 Å². The van der Waals surface area contributed by atoms with Crippen molar-refractivity contribution in [2.45, 2.75) is 45.1 Å². The van der Waals surface area contributed by atoms with Crippen LogP contribution in [0.2, 0.25) is 0 Å². The molecule has 1 aromatic rings. The molecule has 0 aliphatic carbocycles. The number of ether oxygens (including phenoxy) is 2. The van der Waals surface area contributed by atoms with Crippen molar-refractivity contribution >= 4 is 17.7 Å². The van der Waals surface area contributed by atoms with E-state index in [1.54, 1.807) is 24.3 Å². The number of Topliss-reactive ketones (excluding diaryl/α,β-unsaturated/α-hetero) is 1. The Morgan fingerprint density at radius 3 is 2.59 bits per heavy atom. The Balaban J connectivity index is 1.82. The quantitative estimate of drug-likeness (QED) is 0.607. The summed E-state index contributed by atoms with van der Waals surface area (Å²) in [5.41, 5.74) is 0.502. The molecule has 2 atom stereocenters. The zero-order valence-electron chi connectivity index (χ0n) is 15.6. The third kappa shape index (κ3) is 6.67. The molecular weight excluding hydrogens is 350 g/mol. The molecule has 0 aromatic heterocycles. The average Bonchev–Trinajstić information content (AvgIpc) is 2.69. The summed E-state index contributed by atoms with van der Waals surface area (Å²) in [6.45, 7) is 3.57. The van der Waals surface area contributed by atoms with E-state index in [2.05, 4.69) is 5.32 Å². The summed E-state index contributed by atoms with van der Waals surface area (Å²) in [5, 5.41) is 11.9. The highest BCUT2D eigenvalue weighted by molar-refractivity contribution is 5.98. The van der Waals surface area contributed by atoms with Gasteiger partial charge < -0.3 is 19.9 Å². The lowest BCUT2D eigenvalue weighted by atomic mass is 9.93. The predicted molar refractivity (Wildman–Crippen MR) is 98.9 cm³/mol. The molecule has 0 radical (unpaired) electrons. The van der Waals surface area contributed by atoms with Gasteiger partial charge >= 0.3 is 5.97 Å². The van der Waals surface area contributed by atoms with Crippen LogP contribution >= 0.6 is 0 Å². The van der Waals surface area contributed by atoms with Gasteiger partial charge in [-0.2, -0.15) is 0 Å². The van der Waals surface area contributed by atoms with Crippen molar-refractivity contribution < 1.29 is 29.0 Å². The minimum atomic E-state index is -1.08. The molecule has 7 nitrogen and oxygen atoms in total. The summed E-state index contributed by atoms with van der Waals surface area (Å²) in [4.78, 5) is 35.8. The SMILES string of the molecule is CCCOc1ccc(C(=O)CCC(=O)NC(C(=O)O)C2CCCOC2)cc1. The average molecular weight is 377 g/mol. The lowest BCUT2D eigenvalue weighted by Crippen LogP contribution is -2.48. The van der Waals surface area contributed by atoms with Crippen LogP contribution in [-0.4, -0.2) is 48.6 Å². The summed E-state index contributed by atoms with van der Waals surface area (Å²) >= 11 is 0. The lowest BCUT2D eigenvalue weighted by molar-refractivity contribution is -0.145. The molecule has 1 aliphatic heterocycles. The Morgan fingerprint density at radius 2 is 2.00 bits per heavy atom. The van der Waals surface area contributed by atoms with Crippen LogP contribution in [0.4, 0.5) is 0 Å². The molecular formula is C20H27NO6. The monoisotopic (exact) mass is 377 g/mol. The molecule has 7 heteroatoms. The maximum absolute atomic E-state index is 12.2. The van der Waals surface area contributed by atoms with Crippen LogP contribution in [0.5, 0.6) is 5.75 Å². The standard InChI is InChI=1S/C20H27NO6/c1-2-11-27-16-7-5-14(6-8-16)17(22)9-10-18(23)21-19(20(24)25)15-4-3-12-26-13-15/h5-8,15,19H,2-4,9-13H2,1H3,(H,21,23)(H,24,25). The Bertz CT molecular complexity index is 636. The van der Waals surface area contributed by atoms with Crippen molar-refractivity contribution in [2.75, 3.05) is 19.8 Å². The lowest BCUT2D eigenvalue weighted by Gasteiger charge is -2.28. The zero-order valence-corrected chi connectivity index (χ0v) is 15.6. The molecule has 2 N–H and O–H groups in total. The molecule has 148 valence electrons. The zero-order chi connectivity index (χ0) is 19.6. The second-order valence-corrected chi connectivity index (χ2v) is 6.66. The summed E-state index contributed by atoms with van der Waals surface area (Å²) in [5.74, 6) is -1.23. The van der Waals surface area contributed by atoms with Gasteiger partial charge in [0.25, 0.3) is 0 Å². The molecule has 1 fully saturated rings. The van der Waals surface area contributed by atoms with E-state index in [4.69, 9.17) is 9.47 Å². The first-order valence-corrected chi connectivity index (χ1v) is 9.37. The topological polar surface area (TPSA) is 102 Å². The van der Waals surface area contributed by atoms with Crippen molar-refractivity contribution in [2.24, 2.45) is 5.92 Å². The highest BCUT2D eigenvalue weighted by atomic mass is 16.5. The number of carbonyl (C=O) groups is 3. The first-order valence-electron chi connectivity index (χ1n) is 9.37. The van der Waals surface area contributed by atoms with Gasteiger partial charge in [0.1, 0.15) is 11.8 Å². The number of hydrogen-bond acceptors (Lipinski definition) is 5. The van der Waals surface area contributed by atoms with Gasteiger partial charge in [-0.15, -0.1) is 0 Å². The van der Waals surface area contributed by atoms with Gasteiger partial charge in [-0.3, -0.25) is 9.59 Å². The van der Waals surface area contributed by atoms with Crippen LogP contribution in [0, 0.1) is 5.92 Å². The fraction of sp³-hybridized carbons (Fsp3) is 0.550. The Hall–Kier alpha value is -2.41. The summed E-state index contributed by atoms with van der Waals surface area (Å²) in [6, 6.07) is 5.82. The van der Waals surface area contributed by atoms with Crippen LogP contribution < -0.4 is 10.1 Å². The van der Waals surface area contributed by atoms with E-state index in [0.29, 0.717) is 37.6 Å². The number of rotatable bonds is 10. The fourth-order valence-electron chi connectivity index (χ4n) is 2.98. The van der Waals surface area contributed by atoms with E-state index in [0.717, 1.165) is 12.8 Å². The first kappa shape index (κ1) is 20.9. The fourth-order valence-corrected chi connectivity index (χ4v) is 2.98. The number of carboxylic acid groups (broad SMARTS) is 1. The minimum Gasteiger partial charge on any atom is -0.494 e. The van der Waals surface area contributed by atoms with Gasteiger partial charge in [-0.05, 0) is 43.5 Å². The molecule has 0 bridgehead atoms. The number of hydrogen-bond donors (Lipinski definition) is 2. The molecule has 2 rings (SSSR count). The summed E-state index contributed by atoms with van der Waals surface area (Å²) in [7, 11) is 0. The Labute approximate surface area is 159 Å². The highest BCUT2D eigenvalue weighted by Gasteiger charge is 2.31. The molecule has 1 aromatic carbocycles. The number of amides is 1. The molecule has 27 heavy (non-hydrogen) atoms. The van der Waals surface area contributed by atoms with Gasteiger partial charge in [0.05, 0.1) is 13.2 Å². The van der Waals surface area contributed by atoms with Crippen molar-refractivity contribution in [3.05, 3.63) is 29.8 Å². The van der Waals surface area contributed by atoms with Crippen molar-refractivity contribution in [1.29, 1.82) is 0 Å². The molecule has 1 saturated heterocycles. The van der Waals surface area contributed by atoms with Gasteiger partial charge in [-0.25, -0.2) is 4.79 Å². The third-order valence-electron chi connectivity index (χ3n) is 4.48. The number of benzene rings is 1. The molecule has 1 heterocycles. The number of carboxylic acids is 1. The Kier molecular flexibility index (Phi) is 8.26. The maximum Gasteiger partial charge on any atom is 0.326 e. The summed E-state index contributed by atoms with van der Waals surface area (Å²) in [6.07, 6.45) is 2.35. The van der Waals surface area contributed by atoms with Crippen LogP contribution in [0.15, 0.2) is 24.3 Å². The highest BCUT2D eigenvalue weighted by Crippen LogP contribution is 2.18. The van der Waals surface area contributed by atoms with E-state index in [-0.39, 0.29) is 24.5 Å². The second-order valence-electron chi connectivity index (χ2n) is 6.66. The third-order valence-corrected chi connectivity index (χ3v) is 4.48. The van der Waals surface area contributed by atoms with E-state index < -0.39 is 17.9 Å². The smallest absolute Gasteiger partial charge is 0.326 e. The number of nitrogens with one attached hydrogen (secondary N) is 1. The largest absolute Gasteiger partial charge is 0.494 e. The molecule has 2 unspecified atom stereocenters. The van der Waals surface area contributed by atoms with E-state index in [1.165, 1.54) is 0 Å². The predicted octanol–water partition coefficient (Wildman–Crippen LogP) is 2.43. The van der Waals surface area contributed by atoms with Crippen LogP contribution in [0.25, 0.3) is 0 Å². The van der Waals surface area contributed by atoms with Crippen molar-refractivity contribution in [3.8, 4) is 5.75 Å². The Morgan fingerprint density at radius 1 is 1.26 bits per heavy atom.